The van der Waals surface area contributed by atoms with E-state index in [0.717, 1.165) is 11.7 Å². The van der Waals surface area contributed by atoms with E-state index in [2.05, 4.69) is 21.7 Å². The van der Waals surface area contributed by atoms with Gasteiger partial charge in [0.2, 0.25) is 5.28 Å². The molecule has 0 aliphatic heterocycles. The van der Waals surface area contributed by atoms with Crippen LogP contribution in [0.1, 0.15) is 38.1 Å². The molecule has 4 heteroatoms. The summed E-state index contributed by atoms with van der Waals surface area (Å²) in [6, 6.07) is 0.525. The summed E-state index contributed by atoms with van der Waals surface area (Å²) in [6.45, 7) is 4.25. The van der Waals surface area contributed by atoms with E-state index in [9.17, 15) is 0 Å². The fourth-order valence-corrected chi connectivity index (χ4v) is 2.47. The van der Waals surface area contributed by atoms with Crippen LogP contribution in [0.25, 0.3) is 0 Å². The molecule has 1 aromatic rings. The summed E-state index contributed by atoms with van der Waals surface area (Å²) in [5.41, 5.74) is 0. The third-order valence-corrected chi connectivity index (χ3v) is 3.11. The van der Waals surface area contributed by atoms with Crippen molar-refractivity contribution >= 4 is 11.6 Å². The summed E-state index contributed by atoms with van der Waals surface area (Å²) in [5.74, 6) is 1.74. The average molecular weight is 200 g/mol. The lowest BCUT2D eigenvalue weighted by Gasteiger charge is -2.13. The topological polar surface area (TPSA) is 30.7 Å². The van der Waals surface area contributed by atoms with Crippen LogP contribution >= 0.6 is 11.6 Å². The van der Waals surface area contributed by atoms with Crippen LogP contribution in [0.3, 0.4) is 0 Å². The van der Waals surface area contributed by atoms with Crippen molar-refractivity contribution < 1.29 is 0 Å². The Balaban J connectivity index is 2.25. The number of rotatable bonds is 1. The van der Waals surface area contributed by atoms with Gasteiger partial charge in [0.15, 0.2) is 0 Å². The summed E-state index contributed by atoms with van der Waals surface area (Å²) < 4.78 is 2.06. The van der Waals surface area contributed by atoms with Crippen molar-refractivity contribution in [2.75, 3.05) is 0 Å². The fourth-order valence-electron chi connectivity index (χ4n) is 2.17. The first-order valence-electron chi connectivity index (χ1n) is 4.75. The summed E-state index contributed by atoms with van der Waals surface area (Å²) in [4.78, 5) is 0. The number of aromatic nitrogens is 3. The maximum Gasteiger partial charge on any atom is 0.225 e. The van der Waals surface area contributed by atoms with E-state index >= 15 is 0 Å². The minimum atomic E-state index is 0.525. The molecule has 72 valence electrons. The molecule has 0 amide bonds. The van der Waals surface area contributed by atoms with Gasteiger partial charge in [0, 0.05) is 6.04 Å². The molecular weight excluding hydrogens is 186 g/mol. The van der Waals surface area contributed by atoms with E-state index in [4.69, 9.17) is 11.6 Å². The van der Waals surface area contributed by atoms with E-state index in [-0.39, 0.29) is 0 Å². The number of hydrogen-bond donors (Lipinski definition) is 0. The van der Waals surface area contributed by atoms with Gasteiger partial charge in [0.05, 0.1) is 0 Å². The summed E-state index contributed by atoms with van der Waals surface area (Å²) in [6.07, 6.45) is 3.71. The van der Waals surface area contributed by atoms with Gasteiger partial charge in [0.1, 0.15) is 5.82 Å². The standard InChI is InChI=1S/C9H14ClN3/c1-6-3-4-8(5-6)13-7(2)11-12-9(13)10/h6,8H,3-5H2,1-2H3. The first kappa shape index (κ1) is 9.00. The van der Waals surface area contributed by atoms with Gasteiger partial charge in [-0.1, -0.05) is 6.92 Å². The fraction of sp³-hybridized carbons (Fsp3) is 0.778. The normalized spacial score (nSPS) is 28.2. The predicted molar refractivity (Wildman–Crippen MR) is 51.8 cm³/mol. The molecule has 0 spiro atoms. The largest absolute Gasteiger partial charge is 0.299 e. The molecule has 0 radical (unpaired) electrons. The average Bonchev–Trinajstić information content (AvgIpc) is 2.60. The first-order chi connectivity index (χ1) is 6.18. The zero-order valence-electron chi connectivity index (χ0n) is 8.00. The zero-order chi connectivity index (χ0) is 9.42. The molecule has 0 bridgehead atoms. The molecule has 3 nitrogen and oxygen atoms in total. The van der Waals surface area contributed by atoms with Crippen molar-refractivity contribution in [3.8, 4) is 0 Å². The van der Waals surface area contributed by atoms with E-state index in [1.165, 1.54) is 19.3 Å². The van der Waals surface area contributed by atoms with Crippen LogP contribution in [0, 0.1) is 12.8 Å². The second-order valence-corrected chi connectivity index (χ2v) is 4.30. The number of aryl methyl sites for hydroxylation is 1. The highest BCUT2D eigenvalue weighted by Gasteiger charge is 2.25. The van der Waals surface area contributed by atoms with Crippen molar-refractivity contribution in [3.05, 3.63) is 11.1 Å². The van der Waals surface area contributed by atoms with Crippen LogP contribution < -0.4 is 0 Å². The molecule has 2 atom stereocenters. The minimum absolute atomic E-state index is 0.525. The molecule has 0 N–H and O–H groups in total. The number of nitrogens with zero attached hydrogens (tertiary/aromatic N) is 3. The SMILES string of the molecule is Cc1nnc(Cl)n1C1CCC(C)C1. The van der Waals surface area contributed by atoms with Gasteiger partial charge in [-0.25, -0.2) is 0 Å². The lowest BCUT2D eigenvalue weighted by molar-refractivity contribution is 0.484. The Kier molecular flexibility index (Phi) is 2.28. The van der Waals surface area contributed by atoms with E-state index in [1.807, 2.05) is 6.92 Å². The summed E-state index contributed by atoms with van der Waals surface area (Å²) in [5, 5.41) is 8.37. The molecule has 2 unspecified atom stereocenters. The predicted octanol–water partition coefficient (Wildman–Crippen LogP) is 2.60. The third-order valence-electron chi connectivity index (χ3n) is 2.86. The highest BCUT2D eigenvalue weighted by Crippen LogP contribution is 2.35. The third kappa shape index (κ3) is 1.57. The monoisotopic (exact) mass is 199 g/mol. The van der Waals surface area contributed by atoms with Crippen LogP contribution in [-0.4, -0.2) is 14.8 Å². The van der Waals surface area contributed by atoms with Crippen LogP contribution in [0.4, 0.5) is 0 Å². The molecule has 0 saturated heterocycles. The van der Waals surface area contributed by atoms with Gasteiger partial charge in [-0.2, -0.15) is 0 Å². The van der Waals surface area contributed by atoms with Crippen LogP contribution in [0.5, 0.6) is 0 Å². The molecule has 2 rings (SSSR count). The van der Waals surface area contributed by atoms with Crippen molar-refractivity contribution in [3.63, 3.8) is 0 Å². The Bertz CT molecular complexity index is 288. The van der Waals surface area contributed by atoms with Crippen LogP contribution in [0.15, 0.2) is 0 Å². The second-order valence-electron chi connectivity index (χ2n) is 3.96. The zero-order valence-corrected chi connectivity index (χ0v) is 8.75. The van der Waals surface area contributed by atoms with Gasteiger partial charge in [-0.3, -0.25) is 4.57 Å². The highest BCUT2D eigenvalue weighted by molar-refractivity contribution is 6.28. The molecule has 13 heavy (non-hydrogen) atoms. The highest BCUT2D eigenvalue weighted by atomic mass is 35.5. The lowest BCUT2D eigenvalue weighted by atomic mass is 10.1. The lowest BCUT2D eigenvalue weighted by Crippen LogP contribution is -2.07. The van der Waals surface area contributed by atoms with Crippen LogP contribution in [-0.2, 0) is 0 Å². The Morgan fingerprint density at radius 1 is 1.38 bits per heavy atom. The van der Waals surface area contributed by atoms with Gasteiger partial charge < -0.3 is 0 Å². The van der Waals surface area contributed by atoms with Crippen molar-refractivity contribution in [2.24, 2.45) is 5.92 Å². The van der Waals surface area contributed by atoms with Gasteiger partial charge >= 0.3 is 0 Å². The van der Waals surface area contributed by atoms with Crippen LogP contribution in [0.2, 0.25) is 5.28 Å². The second kappa shape index (κ2) is 3.29. The van der Waals surface area contributed by atoms with Crippen molar-refractivity contribution in [2.45, 2.75) is 39.2 Å². The number of hydrogen-bond acceptors (Lipinski definition) is 2. The Morgan fingerprint density at radius 3 is 2.62 bits per heavy atom. The van der Waals surface area contributed by atoms with Gasteiger partial charge in [-0.05, 0) is 43.7 Å². The maximum atomic E-state index is 5.96. The maximum absolute atomic E-state index is 5.96. The molecule has 1 heterocycles. The Morgan fingerprint density at radius 2 is 2.15 bits per heavy atom. The van der Waals surface area contributed by atoms with E-state index < -0.39 is 0 Å². The van der Waals surface area contributed by atoms with E-state index in [0.29, 0.717) is 11.3 Å². The number of halogens is 1. The van der Waals surface area contributed by atoms with Crippen molar-refractivity contribution in [1.82, 2.24) is 14.8 Å². The molecule has 1 saturated carbocycles. The molecule has 1 aliphatic carbocycles. The molecule has 1 fully saturated rings. The Hall–Kier alpha value is -0.570. The smallest absolute Gasteiger partial charge is 0.225 e. The molecule has 1 aromatic heterocycles. The van der Waals surface area contributed by atoms with Gasteiger partial charge in [0.25, 0.3) is 0 Å². The van der Waals surface area contributed by atoms with Gasteiger partial charge in [-0.15, -0.1) is 10.2 Å². The minimum Gasteiger partial charge on any atom is -0.299 e. The van der Waals surface area contributed by atoms with Crippen molar-refractivity contribution in [1.29, 1.82) is 0 Å². The molecular formula is C9H14ClN3. The quantitative estimate of drug-likeness (QED) is 0.696. The Labute approximate surface area is 83.1 Å². The van der Waals surface area contributed by atoms with E-state index in [1.54, 1.807) is 0 Å². The summed E-state index contributed by atoms with van der Waals surface area (Å²) >= 11 is 5.96. The molecule has 0 aromatic carbocycles. The summed E-state index contributed by atoms with van der Waals surface area (Å²) in [7, 11) is 0. The molecule has 1 aliphatic rings. The first-order valence-corrected chi connectivity index (χ1v) is 5.13.